The van der Waals surface area contributed by atoms with Gasteiger partial charge in [0.2, 0.25) is 17.7 Å². The van der Waals surface area contributed by atoms with Crippen LogP contribution in [0, 0.1) is 5.92 Å². The second kappa shape index (κ2) is 6.83. The summed E-state index contributed by atoms with van der Waals surface area (Å²) in [6, 6.07) is -0.850. The minimum atomic E-state index is -0.723. The van der Waals surface area contributed by atoms with Crippen molar-refractivity contribution in [1.29, 1.82) is 0 Å². The van der Waals surface area contributed by atoms with Gasteiger partial charge in [0.05, 0.1) is 6.54 Å². The molecule has 0 aliphatic carbocycles. The predicted octanol–water partition coefficient (Wildman–Crippen LogP) is 0.986. The second-order valence-electron chi connectivity index (χ2n) is 5.48. The Morgan fingerprint density at radius 1 is 1.14 bits per heavy atom. The van der Waals surface area contributed by atoms with Crippen LogP contribution in [-0.2, 0) is 19.2 Å². The Labute approximate surface area is 125 Å². The minimum Gasteiger partial charge on any atom is -0.331 e. The number of carbonyl (C=O) groups is 4. The fraction of sp³-hybridized carbons (Fsp3) is 0.733. The Morgan fingerprint density at radius 3 is 2.14 bits per heavy atom. The van der Waals surface area contributed by atoms with E-state index in [1.807, 2.05) is 20.8 Å². The molecule has 2 heterocycles. The first-order valence-corrected chi connectivity index (χ1v) is 7.48. The predicted molar refractivity (Wildman–Crippen MR) is 77.2 cm³/mol. The zero-order valence-corrected chi connectivity index (χ0v) is 13.4. The quantitative estimate of drug-likeness (QED) is 0.728. The molecule has 3 unspecified atom stereocenters. The molecule has 0 N–H and O–H groups in total. The van der Waals surface area contributed by atoms with E-state index >= 15 is 0 Å². The van der Waals surface area contributed by atoms with Gasteiger partial charge < -0.3 is 4.90 Å². The summed E-state index contributed by atoms with van der Waals surface area (Å²) >= 11 is 0. The molecule has 2 saturated heterocycles. The van der Waals surface area contributed by atoms with Gasteiger partial charge in [-0.15, -0.1) is 0 Å². The van der Waals surface area contributed by atoms with Crippen molar-refractivity contribution < 1.29 is 19.2 Å². The normalized spacial score (nSPS) is 28.8. The van der Waals surface area contributed by atoms with E-state index in [0.29, 0.717) is 6.42 Å². The largest absolute Gasteiger partial charge is 0.331 e. The zero-order valence-electron chi connectivity index (χ0n) is 13.4. The molecule has 0 saturated carbocycles. The summed E-state index contributed by atoms with van der Waals surface area (Å²) in [6.45, 7) is 8.98. The number of amides is 3. The lowest BCUT2D eigenvalue weighted by atomic mass is 10.1. The molecule has 6 nitrogen and oxygen atoms in total. The van der Waals surface area contributed by atoms with Crippen LogP contribution in [0.25, 0.3) is 0 Å². The van der Waals surface area contributed by atoms with Gasteiger partial charge in [-0.3, -0.25) is 24.1 Å². The van der Waals surface area contributed by atoms with Gasteiger partial charge in [0, 0.05) is 18.4 Å². The van der Waals surface area contributed by atoms with Crippen LogP contribution in [0.15, 0.2) is 0 Å². The monoisotopic (exact) mass is 296 g/mol. The summed E-state index contributed by atoms with van der Waals surface area (Å²) in [5.74, 6) is -1.31. The Bertz CT molecular complexity index is 461. The minimum absolute atomic E-state index is 0.0439. The first kappa shape index (κ1) is 17.3. The van der Waals surface area contributed by atoms with Crippen LogP contribution in [0.4, 0.5) is 0 Å². The number of hydrogen-bond acceptors (Lipinski definition) is 4. The molecule has 0 spiro atoms. The molecule has 0 aromatic rings. The number of carbonyl (C=O) groups excluding carboxylic acids is 4. The summed E-state index contributed by atoms with van der Waals surface area (Å²) in [6.07, 6.45) is 0.583. The molecule has 2 aliphatic rings. The van der Waals surface area contributed by atoms with E-state index in [2.05, 4.69) is 0 Å². The molecule has 2 fully saturated rings. The van der Waals surface area contributed by atoms with Crippen LogP contribution in [0.1, 0.15) is 47.5 Å². The van der Waals surface area contributed by atoms with Crippen molar-refractivity contribution in [2.75, 3.05) is 6.54 Å². The van der Waals surface area contributed by atoms with Gasteiger partial charge in [-0.05, 0) is 20.3 Å². The first-order valence-electron chi connectivity index (χ1n) is 7.48. The molecule has 21 heavy (non-hydrogen) atoms. The third-order valence-corrected chi connectivity index (χ3v) is 3.78. The highest BCUT2D eigenvalue weighted by atomic mass is 16.2. The second-order valence-corrected chi connectivity index (χ2v) is 5.48. The standard InChI is InChI=1S/C13H18N2O4.C2H6/c1-7-4-11(17)15(12(7)18)10-5-8(2)14(13(10)19)6-9(3)16;1-2/h7-8,10H,4-6H2,1-3H3;1-2H3. The van der Waals surface area contributed by atoms with Crippen LogP contribution in [0.2, 0.25) is 0 Å². The lowest BCUT2D eigenvalue weighted by molar-refractivity contribution is -0.148. The zero-order chi connectivity index (χ0) is 16.3. The van der Waals surface area contributed by atoms with Crippen molar-refractivity contribution in [3.05, 3.63) is 0 Å². The van der Waals surface area contributed by atoms with Gasteiger partial charge in [0.15, 0.2) is 0 Å². The molecule has 3 atom stereocenters. The molecule has 118 valence electrons. The smallest absolute Gasteiger partial charge is 0.246 e. The van der Waals surface area contributed by atoms with Crippen LogP contribution < -0.4 is 0 Å². The van der Waals surface area contributed by atoms with E-state index in [4.69, 9.17) is 0 Å². The Kier molecular flexibility index (Phi) is 5.63. The molecule has 2 aliphatic heterocycles. The maximum Gasteiger partial charge on any atom is 0.246 e. The number of likely N-dealkylation sites (tertiary alicyclic amines) is 2. The molecule has 3 amide bonds. The number of Topliss-reactive ketones (excluding diaryl/α,β-unsaturated/α-hetero) is 1. The Balaban J connectivity index is 0.00000106. The van der Waals surface area contributed by atoms with E-state index < -0.39 is 6.04 Å². The van der Waals surface area contributed by atoms with E-state index in [9.17, 15) is 19.2 Å². The van der Waals surface area contributed by atoms with Crippen LogP contribution >= 0.6 is 0 Å². The highest BCUT2D eigenvalue weighted by molar-refractivity contribution is 6.07. The molecule has 6 heteroatoms. The average Bonchev–Trinajstić information content (AvgIpc) is 2.82. The number of nitrogens with zero attached hydrogens (tertiary/aromatic N) is 2. The van der Waals surface area contributed by atoms with E-state index in [1.54, 1.807) is 6.92 Å². The number of imide groups is 1. The van der Waals surface area contributed by atoms with Gasteiger partial charge in [-0.1, -0.05) is 20.8 Å². The van der Waals surface area contributed by atoms with Crippen molar-refractivity contribution in [3.63, 3.8) is 0 Å². The summed E-state index contributed by atoms with van der Waals surface area (Å²) in [5.41, 5.74) is 0. The van der Waals surface area contributed by atoms with Crippen molar-refractivity contribution >= 4 is 23.5 Å². The average molecular weight is 296 g/mol. The van der Waals surface area contributed by atoms with Gasteiger partial charge in [-0.25, -0.2) is 0 Å². The number of ketones is 1. The SMILES string of the molecule is CC.CC(=O)CN1C(=O)C(N2C(=O)CC(C)C2=O)CC1C. The highest BCUT2D eigenvalue weighted by Crippen LogP contribution is 2.29. The van der Waals surface area contributed by atoms with Gasteiger partial charge in [0.1, 0.15) is 11.8 Å². The summed E-state index contributed by atoms with van der Waals surface area (Å²) in [4.78, 5) is 49.8. The van der Waals surface area contributed by atoms with Gasteiger partial charge in [-0.2, -0.15) is 0 Å². The fourth-order valence-corrected chi connectivity index (χ4v) is 2.78. The fourth-order valence-electron chi connectivity index (χ4n) is 2.78. The molecule has 0 aromatic heterocycles. The maximum atomic E-state index is 12.3. The number of rotatable bonds is 3. The summed E-state index contributed by atoms with van der Waals surface area (Å²) < 4.78 is 0. The Morgan fingerprint density at radius 2 is 1.71 bits per heavy atom. The van der Waals surface area contributed by atoms with Crippen LogP contribution in [-0.4, -0.2) is 51.9 Å². The number of hydrogen-bond donors (Lipinski definition) is 0. The van der Waals surface area contributed by atoms with Crippen molar-refractivity contribution in [3.8, 4) is 0 Å². The van der Waals surface area contributed by atoms with Gasteiger partial charge >= 0.3 is 0 Å². The van der Waals surface area contributed by atoms with Gasteiger partial charge in [0.25, 0.3) is 0 Å². The van der Waals surface area contributed by atoms with E-state index in [-0.39, 0.29) is 48.4 Å². The van der Waals surface area contributed by atoms with Crippen molar-refractivity contribution in [2.45, 2.75) is 59.5 Å². The lowest BCUT2D eigenvalue weighted by Crippen LogP contribution is -2.46. The molecular weight excluding hydrogens is 272 g/mol. The lowest BCUT2D eigenvalue weighted by Gasteiger charge is -2.22. The molecular formula is C15H24N2O4. The van der Waals surface area contributed by atoms with E-state index in [0.717, 1.165) is 4.90 Å². The molecule has 2 rings (SSSR count). The van der Waals surface area contributed by atoms with E-state index in [1.165, 1.54) is 11.8 Å². The third kappa shape index (κ3) is 3.31. The summed E-state index contributed by atoms with van der Waals surface area (Å²) in [7, 11) is 0. The van der Waals surface area contributed by atoms with Crippen LogP contribution in [0.3, 0.4) is 0 Å². The third-order valence-electron chi connectivity index (χ3n) is 3.78. The maximum absolute atomic E-state index is 12.3. The first-order chi connectivity index (χ1) is 9.82. The molecule has 0 aromatic carbocycles. The van der Waals surface area contributed by atoms with Crippen molar-refractivity contribution in [1.82, 2.24) is 9.80 Å². The topological polar surface area (TPSA) is 74.8 Å². The highest BCUT2D eigenvalue weighted by Gasteiger charge is 2.48. The van der Waals surface area contributed by atoms with Crippen LogP contribution in [0.5, 0.6) is 0 Å². The molecule has 0 radical (unpaired) electrons. The summed E-state index contributed by atoms with van der Waals surface area (Å²) in [5, 5.41) is 0. The van der Waals surface area contributed by atoms with Crippen molar-refractivity contribution in [2.24, 2.45) is 5.92 Å². The Hall–Kier alpha value is -1.72. The molecule has 0 bridgehead atoms.